The van der Waals surface area contributed by atoms with Crippen LogP contribution in [-0.4, -0.2) is 59.3 Å². The Kier molecular flexibility index (Phi) is 3.46. The topological polar surface area (TPSA) is 36.4 Å². The fourth-order valence-corrected chi connectivity index (χ4v) is 3.21. The highest BCUT2D eigenvalue weighted by atomic mass is 79.9. The lowest BCUT2D eigenvalue weighted by molar-refractivity contribution is -0.128. The molecule has 4 heterocycles. The third kappa shape index (κ3) is 2.48. The number of hydrogen-bond acceptors (Lipinski definition) is 4. The van der Waals surface area contributed by atoms with E-state index in [9.17, 15) is 4.79 Å². The Balaban J connectivity index is 1.68. The van der Waals surface area contributed by atoms with Crippen LogP contribution in [-0.2, 0) is 11.2 Å². The number of pyridine rings is 1. The zero-order chi connectivity index (χ0) is 12.5. The number of rotatable bonds is 3. The van der Waals surface area contributed by atoms with Gasteiger partial charge in [0.1, 0.15) is 0 Å². The Morgan fingerprint density at radius 2 is 2.11 bits per heavy atom. The summed E-state index contributed by atoms with van der Waals surface area (Å²) in [6.45, 7) is 5.20. The SMILES string of the molecule is O=C(Cc1cncc(Br)c1)C1CN2CCN1CC2. The molecule has 0 N–H and O–H groups in total. The van der Waals surface area contributed by atoms with Crippen molar-refractivity contribution in [3.05, 3.63) is 28.5 Å². The fraction of sp³-hybridized carbons (Fsp3) is 0.538. The lowest BCUT2D eigenvalue weighted by Crippen LogP contribution is -2.63. The summed E-state index contributed by atoms with van der Waals surface area (Å²) in [4.78, 5) is 21.2. The van der Waals surface area contributed by atoms with Gasteiger partial charge in [-0.1, -0.05) is 0 Å². The van der Waals surface area contributed by atoms with Crippen LogP contribution in [0.1, 0.15) is 5.56 Å². The molecule has 3 aliphatic heterocycles. The highest BCUT2D eigenvalue weighted by molar-refractivity contribution is 9.10. The minimum absolute atomic E-state index is 0.0893. The largest absolute Gasteiger partial charge is 0.299 e. The van der Waals surface area contributed by atoms with Crippen molar-refractivity contribution in [1.82, 2.24) is 14.8 Å². The van der Waals surface area contributed by atoms with E-state index in [0.717, 1.165) is 42.8 Å². The first-order chi connectivity index (χ1) is 8.72. The molecule has 0 saturated carbocycles. The van der Waals surface area contributed by atoms with E-state index >= 15 is 0 Å². The Bertz CT molecular complexity index is 457. The number of halogens is 1. The summed E-state index contributed by atoms with van der Waals surface area (Å²) in [6, 6.07) is 2.06. The van der Waals surface area contributed by atoms with E-state index in [-0.39, 0.29) is 6.04 Å². The highest BCUT2D eigenvalue weighted by Gasteiger charge is 2.35. The maximum atomic E-state index is 12.4. The number of hydrogen-bond donors (Lipinski definition) is 0. The molecule has 2 bridgehead atoms. The normalized spacial score (nSPS) is 30.4. The van der Waals surface area contributed by atoms with E-state index in [4.69, 9.17) is 0 Å². The first-order valence-corrected chi connectivity index (χ1v) is 7.10. The Morgan fingerprint density at radius 1 is 1.33 bits per heavy atom. The lowest BCUT2D eigenvalue weighted by Gasteiger charge is -2.46. The molecule has 1 aromatic heterocycles. The molecule has 0 aliphatic carbocycles. The van der Waals surface area contributed by atoms with Crippen LogP contribution in [0.15, 0.2) is 22.9 Å². The molecule has 4 nitrogen and oxygen atoms in total. The zero-order valence-electron chi connectivity index (χ0n) is 10.2. The second kappa shape index (κ2) is 5.07. The van der Waals surface area contributed by atoms with E-state index in [2.05, 4.69) is 30.7 Å². The highest BCUT2D eigenvalue weighted by Crippen LogP contribution is 2.18. The number of fused-ring (bicyclic) bond motifs is 3. The van der Waals surface area contributed by atoms with Crippen molar-refractivity contribution in [3.8, 4) is 0 Å². The van der Waals surface area contributed by atoms with Crippen molar-refractivity contribution in [2.75, 3.05) is 32.7 Å². The van der Waals surface area contributed by atoms with Crippen LogP contribution in [0.4, 0.5) is 0 Å². The number of nitrogens with zero attached hydrogens (tertiary/aromatic N) is 3. The third-order valence-electron chi connectivity index (χ3n) is 3.79. The average Bonchev–Trinajstić information content (AvgIpc) is 2.40. The van der Waals surface area contributed by atoms with Gasteiger partial charge in [0, 0.05) is 56.0 Å². The number of ketones is 1. The Hall–Kier alpha value is -0.780. The molecule has 1 atom stereocenters. The van der Waals surface area contributed by atoms with Gasteiger partial charge in [-0.2, -0.15) is 0 Å². The van der Waals surface area contributed by atoms with Crippen LogP contribution in [0.2, 0.25) is 0 Å². The number of carbonyl (C=O) groups is 1. The maximum absolute atomic E-state index is 12.4. The molecular weight excluding hydrogens is 294 g/mol. The molecule has 0 radical (unpaired) electrons. The number of Topliss-reactive ketones (excluding diaryl/α,β-unsaturated/α-hetero) is 1. The molecular formula is C13H16BrN3O. The third-order valence-corrected chi connectivity index (χ3v) is 4.22. The molecule has 3 fully saturated rings. The van der Waals surface area contributed by atoms with Crippen LogP contribution in [0, 0.1) is 0 Å². The van der Waals surface area contributed by atoms with Crippen molar-refractivity contribution in [3.63, 3.8) is 0 Å². The average molecular weight is 310 g/mol. The smallest absolute Gasteiger partial charge is 0.155 e. The van der Waals surface area contributed by atoms with E-state index in [1.54, 1.807) is 12.4 Å². The van der Waals surface area contributed by atoms with Crippen molar-refractivity contribution >= 4 is 21.7 Å². The predicted molar refractivity (Wildman–Crippen MR) is 72.4 cm³/mol. The summed E-state index contributed by atoms with van der Waals surface area (Å²) < 4.78 is 0.932. The van der Waals surface area contributed by atoms with Crippen LogP contribution >= 0.6 is 15.9 Å². The summed E-state index contributed by atoms with van der Waals surface area (Å²) in [5, 5.41) is 0. The van der Waals surface area contributed by atoms with E-state index in [1.807, 2.05) is 6.07 Å². The van der Waals surface area contributed by atoms with Gasteiger partial charge in [-0.15, -0.1) is 0 Å². The summed E-state index contributed by atoms with van der Waals surface area (Å²) >= 11 is 3.39. The molecule has 4 rings (SSSR count). The van der Waals surface area contributed by atoms with Gasteiger partial charge in [-0.25, -0.2) is 0 Å². The van der Waals surface area contributed by atoms with Gasteiger partial charge in [-0.3, -0.25) is 19.6 Å². The van der Waals surface area contributed by atoms with Crippen LogP contribution in [0.3, 0.4) is 0 Å². The van der Waals surface area contributed by atoms with E-state index in [0.29, 0.717) is 12.2 Å². The molecule has 1 unspecified atom stereocenters. The monoisotopic (exact) mass is 309 g/mol. The first-order valence-electron chi connectivity index (χ1n) is 6.31. The van der Waals surface area contributed by atoms with Gasteiger partial charge < -0.3 is 0 Å². The van der Waals surface area contributed by atoms with E-state index in [1.165, 1.54) is 0 Å². The second-order valence-corrected chi connectivity index (χ2v) is 5.92. The fourth-order valence-electron chi connectivity index (χ4n) is 2.79. The number of aromatic nitrogens is 1. The van der Waals surface area contributed by atoms with Crippen molar-refractivity contribution < 1.29 is 4.79 Å². The summed E-state index contributed by atoms with van der Waals surface area (Å²) in [7, 11) is 0. The van der Waals surface area contributed by atoms with Gasteiger partial charge >= 0.3 is 0 Å². The molecule has 1 aromatic rings. The van der Waals surface area contributed by atoms with Crippen LogP contribution in [0.25, 0.3) is 0 Å². The number of piperazine rings is 3. The molecule has 96 valence electrons. The summed E-state index contributed by atoms with van der Waals surface area (Å²) in [5.74, 6) is 0.319. The van der Waals surface area contributed by atoms with Crippen LogP contribution < -0.4 is 0 Å². The van der Waals surface area contributed by atoms with Crippen molar-refractivity contribution in [1.29, 1.82) is 0 Å². The lowest BCUT2D eigenvalue weighted by atomic mass is 9.99. The molecule has 0 amide bonds. The molecule has 3 aliphatic rings. The summed E-state index contributed by atoms with van der Waals surface area (Å²) in [6.07, 6.45) is 4.01. The van der Waals surface area contributed by atoms with Crippen molar-refractivity contribution in [2.45, 2.75) is 12.5 Å². The second-order valence-electron chi connectivity index (χ2n) is 5.01. The standard InChI is InChI=1S/C13H16BrN3O/c14-11-5-10(7-15-8-11)6-13(18)12-9-16-1-3-17(12)4-2-16/h5,7-8,12H,1-4,6,9H2. The minimum Gasteiger partial charge on any atom is -0.299 e. The first kappa shape index (κ1) is 12.3. The molecule has 3 saturated heterocycles. The number of carbonyl (C=O) groups excluding carboxylic acids is 1. The molecule has 5 heteroatoms. The van der Waals surface area contributed by atoms with Gasteiger partial charge in [-0.05, 0) is 27.6 Å². The minimum atomic E-state index is 0.0893. The van der Waals surface area contributed by atoms with Gasteiger partial charge in [0.2, 0.25) is 0 Å². The van der Waals surface area contributed by atoms with Crippen LogP contribution in [0.5, 0.6) is 0 Å². The zero-order valence-corrected chi connectivity index (χ0v) is 11.8. The van der Waals surface area contributed by atoms with Crippen molar-refractivity contribution in [2.24, 2.45) is 0 Å². The van der Waals surface area contributed by atoms with Gasteiger partial charge in [0.15, 0.2) is 5.78 Å². The maximum Gasteiger partial charge on any atom is 0.155 e. The Morgan fingerprint density at radius 3 is 2.72 bits per heavy atom. The quantitative estimate of drug-likeness (QED) is 0.833. The predicted octanol–water partition coefficient (Wildman–Crippen LogP) is 0.956. The molecule has 0 aromatic carbocycles. The molecule has 18 heavy (non-hydrogen) atoms. The summed E-state index contributed by atoms with van der Waals surface area (Å²) in [5.41, 5.74) is 0.993. The van der Waals surface area contributed by atoms with Gasteiger partial charge in [0.25, 0.3) is 0 Å². The van der Waals surface area contributed by atoms with E-state index < -0.39 is 0 Å². The van der Waals surface area contributed by atoms with Gasteiger partial charge in [0.05, 0.1) is 6.04 Å². The molecule has 0 spiro atoms. The Labute approximate surface area is 115 Å².